The van der Waals surface area contributed by atoms with Crippen LogP contribution in [0.15, 0.2) is 41.7 Å². The number of carbonyl (C=O) groups excluding carboxylic acids is 2. The van der Waals surface area contributed by atoms with Gasteiger partial charge in [-0.1, -0.05) is 23.7 Å². The van der Waals surface area contributed by atoms with E-state index in [-0.39, 0.29) is 13.2 Å². The molecule has 0 aliphatic rings. The van der Waals surface area contributed by atoms with E-state index in [9.17, 15) is 9.59 Å². The maximum absolute atomic E-state index is 11.9. The molecule has 2 aromatic rings. The van der Waals surface area contributed by atoms with Gasteiger partial charge >= 0.3 is 11.9 Å². The van der Waals surface area contributed by atoms with Gasteiger partial charge < -0.3 is 9.47 Å². The average Bonchev–Trinajstić information content (AvgIpc) is 2.64. The highest BCUT2D eigenvalue weighted by Crippen LogP contribution is 2.14. The van der Waals surface area contributed by atoms with Crippen molar-refractivity contribution in [3.8, 4) is 0 Å². The van der Waals surface area contributed by atoms with E-state index < -0.39 is 17.9 Å². The lowest BCUT2D eigenvalue weighted by Gasteiger charge is -2.09. The third kappa shape index (κ3) is 6.45. The molecule has 0 amide bonds. The Morgan fingerprint density at radius 2 is 1.78 bits per heavy atom. The van der Waals surface area contributed by atoms with Crippen LogP contribution >= 0.6 is 11.6 Å². The van der Waals surface area contributed by atoms with Crippen molar-refractivity contribution in [1.82, 2.24) is 9.97 Å². The summed E-state index contributed by atoms with van der Waals surface area (Å²) in [6.45, 7) is 3.63. The molecule has 0 radical (unpaired) electrons. The van der Waals surface area contributed by atoms with Gasteiger partial charge in [-0.05, 0) is 31.5 Å². The van der Waals surface area contributed by atoms with E-state index in [1.165, 1.54) is 18.6 Å². The molecule has 0 fully saturated rings. The smallest absolute Gasteiger partial charge is 0.325 e. The monoisotopic (exact) mass is 389 g/mol. The highest BCUT2D eigenvalue weighted by Gasteiger charge is 2.27. The van der Waals surface area contributed by atoms with Gasteiger partial charge in [0, 0.05) is 17.7 Å². The molecule has 0 bridgehead atoms. The van der Waals surface area contributed by atoms with Crippen molar-refractivity contribution in [2.45, 2.75) is 20.3 Å². The van der Waals surface area contributed by atoms with E-state index in [0.717, 1.165) is 5.56 Å². The summed E-state index contributed by atoms with van der Waals surface area (Å²) in [5, 5.41) is 0.651. The number of aliphatic imine (C=N–C) groups is 1. The molecule has 8 heteroatoms. The van der Waals surface area contributed by atoms with E-state index in [1.54, 1.807) is 19.9 Å². The molecule has 0 saturated carbocycles. The van der Waals surface area contributed by atoms with Crippen LogP contribution in [0.1, 0.15) is 25.2 Å². The van der Waals surface area contributed by atoms with Gasteiger partial charge in [0.05, 0.1) is 31.3 Å². The molecule has 7 nitrogen and oxygen atoms in total. The van der Waals surface area contributed by atoms with Crippen molar-refractivity contribution in [1.29, 1.82) is 0 Å². The summed E-state index contributed by atoms with van der Waals surface area (Å²) in [6.07, 6.45) is 4.73. The van der Waals surface area contributed by atoms with E-state index in [4.69, 9.17) is 21.1 Å². The Kier molecular flexibility index (Phi) is 7.88. The second-order valence-electron chi connectivity index (χ2n) is 5.42. The predicted octanol–water partition coefficient (Wildman–Crippen LogP) is 3.17. The van der Waals surface area contributed by atoms with Gasteiger partial charge in [0.15, 0.2) is 5.92 Å². The van der Waals surface area contributed by atoms with Crippen LogP contribution in [0.4, 0.5) is 5.69 Å². The fourth-order valence-electron chi connectivity index (χ4n) is 2.18. The molecule has 1 aromatic heterocycles. The highest BCUT2D eigenvalue weighted by atomic mass is 35.5. The second-order valence-corrected chi connectivity index (χ2v) is 5.86. The first-order valence-corrected chi connectivity index (χ1v) is 8.84. The van der Waals surface area contributed by atoms with E-state index in [0.29, 0.717) is 23.0 Å². The lowest BCUT2D eigenvalue weighted by Crippen LogP contribution is -2.29. The van der Waals surface area contributed by atoms with Crippen molar-refractivity contribution in [2.24, 2.45) is 10.9 Å². The van der Waals surface area contributed by atoms with Crippen LogP contribution in [0.25, 0.3) is 0 Å². The first-order chi connectivity index (χ1) is 13.0. The third-order valence-corrected chi connectivity index (χ3v) is 3.63. The summed E-state index contributed by atoms with van der Waals surface area (Å²) < 4.78 is 9.76. The van der Waals surface area contributed by atoms with Crippen LogP contribution in [-0.2, 0) is 25.5 Å². The molecule has 0 atom stereocenters. The molecule has 0 spiro atoms. The Morgan fingerprint density at radius 3 is 2.33 bits per heavy atom. The normalized spacial score (nSPS) is 11.0. The number of carbonyl (C=O) groups is 2. The Labute approximate surface area is 162 Å². The van der Waals surface area contributed by atoms with Crippen molar-refractivity contribution in [2.75, 3.05) is 13.2 Å². The average molecular weight is 390 g/mol. The summed E-state index contributed by atoms with van der Waals surface area (Å²) in [6, 6.07) is 7.44. The molecule has 0 N–H and O–H groups in total. The Hall–Kier alpha value is -2.80. The molecular weight excluding hydrogens is 370 g/mol. The number of hydrogen-bond donors (Lipinski definition) is 0. The first kappa shape index (κ1) is 20.5. The first-order valence-electron chi connectivity index (χ1n) is 8.46. The van der Waals surface area contributed by atoms with Crippen molar-refractivity contribution < 1.29 is 19.1 Å². The van der Waals surface area contributed by atoms with E-state index in [1.807, 2.05) is 18.2 Å². The second kappa shape index (κ2) is 10.4. The van der Waals surface area contributed by atoms with Gasteiger partial charge in [0.2, 0.25) is 0 Å². The minimum atomic E-state index is -1.23. The zero-order valence-electron chi connectivity index (χ0n) is 15.1. The maximum Gasteiger partial charge on any atom is 0.325 e. The lowest BCUT2D eigenvalue weighted by atomic mass is 10.1. The number of ether oxygens (including phenoxy) is 2. The van der Waals surface area contributed by atoms with Crippen LogP contribution in [-0.4, -0.2) is 41.3 Å². The largest absolute Gasteiger partial charge is 0.465 e. The van der Waals surface area contributed by atoms with Crippen LogP contribution in [0.3, 0.4) is 0 Å². The topological polar surface area (TPSA) is 90.7 Å². The lowest BCUT2D eigenvalue weighted by molar-refractivity contribution is -0.157. The van der Waals surface area contributed by atoms with Gasteiger partial charge in [-0.3, -0.25) is 14.6 Å². The number of halogens is 1. The fourth-order valence-corrected chi connectivity index (χ4v) is 2.39. The SMILES string of the molecule is CCOC(=O)C(C=Nc1cnc(Cc2cccc(Cl)c2)nc1)C(=O)OCC. The number of esters is 2. The number of aromatic nitrogens is 2. The van der Waals surface area contributed by atoms with Crippen LogP contribution < -0.4 is 0 Å². The Morgan fingerprint density at radius 1 is 1.15 bits per heavy atom. The van der Waals surface area contributed by atoms with Gasteiger partial charge in [-0.2, -0.15) is 0 Å². The summed E-state index contributed by atoms with van der Waals surface area (Å²) >= 11 is 5.97. The summed E-state index contributed by atoms with van der Waals surface area (Å²) in [7, 11) is 0. The number of benzene rings is 1. The molecule has 0 aliphatic carbocycles. The van der Waals surface area contributed by atoms with Crippen LogP contribution in [0.5, 0.6) is 0 Å². The zero-order valence-corrected chi connectivity index (χ0v) is 15.8. The van der Waals surface area contributed by atoms with E-state index >= 15 is 0 Å². The molecule has 1 heterocycles. The predicted molar refractivity (Wildman–Crippen MR) is 101 cm³/mol. The Bertz CT molecular complexity index is 791. The van der Waals surface area contributed by atoms with E-state index in [2.05, 4.69) is 15.0 Å². The quantitative estimate of drug-likeness (QED) is 0.391. The number of rotatable bonds is 8. The minimum absolute atomic E-state index is 0.157. The highest BCUT2D eigenvalue weighted by molar-refractivity contribution is 6.30. The standard InChI is InChI=1S/C19H20ClN3O4/c1-3-26-18(24)16(19(25)27-4-2)12-21-15-10-22-17(23-11-15)9-13-6-5-7-14(20)8-13/h5-8,10-12,16H,3-4,9H2,1-2H3. The molecular formula is C19H20ClN3O4. The molecule has 0 aliphatic heterocycles. The van der Waals surface area contributed by atoms with Gasteiger partial charge in [-0.25, -0.2) is 9.97 Å². The van der Waals surface area contributed by atoms with Gasteiger partial charge in [0.1, 0.15) is 5.82 Å². The molecule has 27 heavy (non-hydrogen) atoms. The zero-order chi connectivity index (χ0) is 19.6. The van der Waals surface area contributed by atoms with Crippen molar-refractivity contribution in [3.63, 3.8) is 0 Å². The Balaban J connectivity index is 2.08. The molecule has 142 valence electrons. The van der Waals surface area contributed by atoms with Gasteiger partial charge in [0.25, 0.3) is 0 Å². The van der Waals surface area contributed by atoms with Crippen molar-refractivity contribution in [3.05, 3.63) is 53.1 Å². The van der Waals surface area contributed by atoms with Crippen LogP contribution in [0.2, 0.25) is 5.02 Å². The summed E-state index contributed by atoms with van der Waals surface area (Å²) in [5.74, 6) is -2.05. The molecule has 0 saturated heterocycles. The molecule has 1 aromatic carbocycles. The fraction of sp³-hybridized carbons (Fsp3) is 0.316. The summed E-state index contributed by atoms with van der Waals surface area (Å²) in [4.78, 5) is 36.4. The van der Waals surface area contributed by atoms with Gasteiger partial charge in [-0.15, -0.1) is 0 Å². The summed E-state index contributed by atoms with van der Waals surface area (Å²) in [5.41, 5.74) is 1.40. The molecule has 0 unspecified atom stereocenters. The number of nitrogens with zero attached hydrogens (tertiary/aromatic N) is 3. The maximum atomic E-state index is 11.9. The van der Waals surface area contributed by atoms with Crippen LogP contribution in [0, 0.1) is 5.92 Å². The third-order valence-electron chi connectivity index (χ3n) is 3.40. The number of hydrogen-bond acceptors (Lipinski definition) is 7. The van der Waals surface area contributed by atoms with Crippen molar-refractivity contribution >= 4 is 35.4 Å². The molecule has 2 rings (SSSR count). The minimum Gasteiger partial charge on any atom is -0.465 e.